The van der Waals surface area contributed by atoms with Crippen molar-refractivity contribution in [3.63, 3.8) is 0 Å². The van der Waals surface area contributed by atoms with Crippen LogP contribution in [0, 0.1) is 0 Å². The molecule has 0 aromatic heterocycles. The van der Waals surface area contributed by atoms with Crippen molar-refractivity contribution < 1.29 is 14.4 Å². The Balaban J connectivity index is 0.000000774. The summed E-state index contributed by atoms with van der Waals surface area (Å²) in [5, 5.41) is 2.59. The average molecular weight is 287 g/mol. The first-order valence-electron chi connectivity index (χ1n) is 6.63. The van der Waals surface area contributed by atoms with E-state index in [1.807, 2.05) is 0 Å². The number of hydrogen-bond donors (Lipinski definition) is 2. The fourth-order valence-electron chi connectivity index (χ4n) is 2.50. The summed E-state index contributed by atoms with van der Waals surface area (Å²) in [5.74, 6) is -1.13. The van der Waals surface area contributed by atoms with Gasteiger partial charge < -0.3 is 11.1 Å². The molecule has 2 aliphatic rings. The maximum absolute atomic E-state index is 12.2. The Hall–Kier alpha value is -2.47. The van der Waals surface area contributed by atoms with Crippen LogP contribution < -0.4 is 11.1 Å². The Morgan fingerprint density at radius 1 is 1.14 bits per heavy atom. The number of hydrogen-bond acceptors (Lipinski definition) is 4. The number of piperidine rings is 1. The summed E-state index contributed by atoms with van der Waals surface area (Å²) in [5.41, 5.74) is 5.85. The molecule has 1 aromatic carbocycles. The van der Waals surface area contributed by atoms with Crippen LogP contribution >= 0.6 is 0 Å². The third-order valence-corrected chi connectivity index (χ3v) is 3.46. The minimum absolute atomic E-state index is 0.342. The Morgan fingerprint density at radius 2 is 1.67 bits per heavy atom. The summed E-state index contributed by atoms with van der Waals surface area (Å²) in [6, 6.07) is 5.88. The van der Waals surface area contributed by atoms with E-state index in [-0.39, 0.29) is 5.91 Å². The number of allylic oxidation sites excluding steroid dienone is 1. The smallest absolute Gasteiger partial charge is 0.262 e. The zero-order valence-electron chi connectivity index (χ0n) is 11.8. The van der Waals surface area contributed by atoms with Crippen molar-refractivity contribution in [1.82, 2.24) is 10.2 Å². The zero-order valence-corrected chi connectivity index (χ0v) is 11.8. The summed E-state index contributed by atoms with van der Waals surface area (Å²) in [6.07, 6.45) is 1.000. The number of amides is 3. The maximum Gasteiger partial charge on any atom is 0.262 e. The fraction of sp³-hybridized carbons (Fsp3) is 0.267. The predicted octanol–water partition coefficient (Wildman–Crippen LogP) is 0.650. The summed E-state index contributed by atoms with van der Waals surface area (Å²) in [4.78, 5) is 37.5. The lowest BCUT2D eigenvalue weighted by atomic mass is 10.0. The molecule has 110 valence electrons. The van der Waals surface area contributed by atoms with Gasteiger partial charge >= 0.3 is 0 Å². The van der Waals surface area contributed by atoms with Crippen LogP contribution in [0.4, 0.5) is 0 Å². The standard InChI is InChI=1S/C14H12N2O3.CH5N/c1-8-6-7-11(12(17)15-8)16-13(18)9-4-2-3-5-10(9)14(16)19;1-2/h2-5,11H,1,6-7H2,(H,15,17);2H2,1H3. The summed E-state index contributed by atoms with van der Waals surface area (Å²) in [7, 11) is 1.50. The summed E-state index contributed by atoms with van der Waals surface area (Å²) >= 11 is 0. The molecule has 1 saturated heterocycles. The van der Waals surface area contributed by atoms with Crippen LogP contribution in [-0.2, 0) is 4.79 Å². The van der Waals surface area contributed by atoms with E-state index < -0.39 is 17.9 Å². The van der Waals surface area contributed by atoms with Gasteiger partial charge in [0.2, 0.25) is 5.91 Å². The molecule has 6 nitrogen and oxygen atoms in total. The second kappa shape index (κ2) is 5.88. The molecule has 1 aromatic rings. The monoisotopic (exact) mass is 287 g/mol. The Labute approximate surface area is 122 Å². The SMILES string of the molecule is C=C1CCC(N2C(=O)c3ccccc3C2=O)C(=O)N1.CN. The number of imide groups is 1. The van der Waals surface area contributed by atoms with Gasteiger partial charge in [-0.25, -0.2) is 0 Å². The number of nitrogens with zero attached hydrogens (tertiary/aromatic N) is 1. The van der Waals surface area contributed by atoms with Gasteiger partial charge in [-0.15, -0.1) is 0 Å². The van der Waals surface area contributed by atoms with Gasteiger partial charge in [0.25, 0.3) is 11.8 Å². The van der Waals surface area contributed by atoms with E-state index in [2.05, 4.69) is 17.6 Å². The number of carbonyl (C=O) groups excluding carboxylic acids is 3. The Kier molecular flexibility index (Phi) is 4.18. The highest BCUT2D eigenvalue weighted by Crippen LogP contribution is 2.27. The average Bonchev–Trinajstić information content (AvgIpc) is 2.75. The molecule has 0 spiro atoms. The van der Waals surface area contributed by atoms with E-state index in [9.17, 15) is 14.4 Å². The van der Waals surface area contributed by atoms with Gasteiger partial charge in [0.15, 0.2) is 0 Å². The molecule has 1 fully saturated rings. The summed E-state index contributed by atoms with van der Waals surface area (Å²) in [6.45, 7) is 3.68. The van der Waals surface area contributed by atoms with Crippen LogP contribution in [0.25, 0.3) is 0 Å². The molecule has 3 amide bonds. The van der Waals surface area contributed by atoms with Crippen molar-refractivity contribution >= 4 is 17.7 Å². The molecular formula is C15H17N3O3. The van der Waals surface area contributed by atoms with E-state index in [1.165, 1.54) is 7.05 Å². The van der Waals surface area contributed by atoms with Gasteiger partial charge in [-0.05, 0) is 32.0 Å². The van der Waals surface area contributed by atoms with Crippen LogP contribution in [0.3, 0.4) is 0 Å². The van der Waals surface area contributed by atoms with Crippen molar-refractivity contribution in [2.75, 3.05) is 7.05 Å². The van der Waals surface area contributed by atoms with Crippen molar-refractivity contribution in [2.45, 2.75) is 18.9 Å². The number of fused-ring (bicyclic) bond motifs is 1. The zero-order chi connectivity index (χ0) is 15.6. The Morgan fingerprint density at radius 3 is 2.14 bits per heavy atom. The van der Waals surface area contributed by atoms with Gasteiger partial charge in [0.05, 0.1) is 11.1 Å². The molecule has 0 saturated carbocycles. The van der Waals surface area contributed by atoms with E-state index in [4.69, 9.17) is 0 Å². The van der Waals surface area contributed by atoms with E-state index in [0.717, 1.165) is 4.90 Å². The third-order valence-electron chi connectivity index (χ3n) is 3.46. The van der Waals surface area contributed by atoms with Crippen LogP contribution in [0.1, 0.15) is 33.6 Å². The predicted molar refractivity (Wildman–Crippen MR) is 77.4 cm³/mol. The molecule has 21 heavy (non-hydrogen) atoms. The van der Waals surface area contributed by atoms with Gasteiger partial charge in [-0.3, -0.25) is 19.3 Å². The highest BCUT2D eigenvalue weighted by Gasteiger charge is 2.43. The molecule has 1 unspecified atom stereocenters. The molecule has 0 radical (unpaired) electrons. The lowest BCUT2D eigenvalue weighted by Gasteiger charge is -2.29. The number of benzene rings is 1. The second-order valence-corrected chi connectivity index (χ2v) is 4.67. The van der Waals surface area contributed by atoms with Gasteiger partial charge in [-0.1, -0.05) is 18.7 Å². The third kappa shape index (κ3) is 2.45. The molecule has 2 heterocycles. The van der Waals surface area contributed by atoms with E-state index in [0.29, 0.717) is 29.7 Å². The Bertz CT molecular complexity index is 589. The van der Waals surface area contributed by atoms with Crippen molar-refractivity contribution in [3.8, 4) is 0 Å². The highest BCUT2D eigenvalue weighted by atomic mass is 16.2. The number of nitrogens with two attached hydrogens (primary N) is 1. The quantitative estimate of drug-likeness (QED) is 0.742. The van der Waals surface area contributed by atoms with Gasteiger partial charge in [0, 0.05) is 5.70 Å². The highest BCUT2D eigenvalue weighted by molar-refractivity contribution is 6.22. The largest absolute Gasteiger partial charge is 0.333 e. The van der Waals surface area contributed by atoms with E-state index in [1.54, 1.807) is 24.3 Å². The molecular weight excluding hydrogens is 270 g/mol. The van der Waals surface area contributed by atoms with Gasteiger partial charge in [0.1, 0.15) is 6.04 Å². The molecule has 2 aliphatic heterocycles. The van der Waals surface area contributed by atoms with Crippen molar-refractivity contribution in [1.29, 1.82) is 0 Å². The second-order valence-electron chi connectivity index (χ2n) is 4.67. The molecule has 6 heteroatoms. The molecule has 3 N–H and O–H groups in total. The van der Waals surface area contributed by atoms with Crippen LogP contribution in [0.2, 0.25) is 0 Å². The number of carbonyl (C=O) groups is 3. The van der Waals surface area contributed by atoms with Crippen molar-refractivity contribution in [2.24, 2.45) is 5.73 Å². The summed E-state index contributed by atoms with van der Waals surface area (Å²) < 4.78 is 0. The minimum Gasteiger partial charge on any atom is -0.333 e. The van der Waals surface area contributed by atoms with Crippen molar-refractivity contribution in [3.05, 3.63) is 47.7 Å². The first-order chi connectivity index (χ1) is 10.1. The molecule has 3 rings (SSSR count). The van der Waals surface area contributed by atoms with E-state index >= 15 is 0 Å². The first-order valence-corrected chi connectivity index (χ1v) is 6.63. The lowest BCUT2D eigenvalue weighted by molar-refractivity contribution is -0.125. The fourth-order valence-corrected chi connectivity index (χ4v) is 2.50. The van der Waals surface area contributed by atoms with Crippen LogP contribution in [0.15, 0.2) is 36.5 Å². The van der Waals surface area contributed by atoms with Crippen LogP contribution in [-0.4, -0.2) is 35.7 Å². The topological polar surface area (TPSA) is 92.5 Å². The number of nitrogens with one attached hydrogen (secondary N) is 1. The lowest BCUT2D eigenvalue weighted by Crippen LogP contribution is -2.51. The number of rotatable bonds is 1. The normalized spacial score (nSPS) is 20.7. The maximum atomic E-state index is 12.2. The first kappa shape index (κ1) is 14.9. The van der Waals surface area contributed by atoms with Crippen LogP contribution in [0.5, 0.6) is 0 Å². The molecule has 0 aliphatic carbocycles. The molecule has 0 bridgehead atoms. The molecule has 1 atom stereocenters. The minimum atomic E-state index is -0.738. The van der Waals surface area contributed by atoms with Gasteiger partial charge in [-0.2, -0.15) is 0 Å².